The number of carbonyl (C=O) groups is 1. The molecule has 1 rings (SSSR count). The van der Waals surface area contributed by atoms with E-state index in [2.05, 4.69) is 6.92 Å². The molecule has 0 aromatic heterocycles. The highest BCUT2D eigenvalue weighted by Gasteiger charge is 2.21. The Bertz CT molecular complexity index is 136. The zero-order chi connectivity index (χ0) is 7.56. The van der Waals surface area contributed by atoms with Crippen LogP contribution in [0.1, 0.15) is 19.8 Å². The molecule has 0 aromatic carbocycles. The number of carboxylic acids is 1. The first-order chi connectivity index (χ1) is 4.70. The molecule has 1 atom stereocenters. The molecule has 0 aromatic rings. The van der Waals surface area contributed by atoms with Gasteiger partial charge in [0.2, 0.25) is 0 Å². The first-order valence-corrected chi connectivity index (χ1v) is 3.66. The standard InChI is InChI=1S/C7H13NO2/c1-6-3-2-4-8(6)5-7(9)10/h6H,2-5H2,1H3,(H,9,10)/t6-/m0/s1. The van der Waals surface area contributed by atoms with Crippen LogP contribution in [0.2, 0.25) is 0 Å². The second kappa shape index (κ2) is 3.01. The molecule has 58 valence electrons. The molecule has 3 nitrogen and oxygen atoms in total. The first kappa shape index (κ1) is 7.54. The van der Waals surface area contributed by atoms with Gasteiger partial charge in [0.05, 0.1) is 6.54 Å². The van der Waals surface area contributed by atoms with Gasteiger partial charge in [0.15, 0.2) is 0 Å². The zero-order valence-corrected chi connectivity index (χ0v) is 6.21. The van der Waals surface area contributed by atoms with Gasteiger partial charge in [0, 0.05) is 6.04 Å². The van der Waals surface area contributed by atoms with Gasteiger partial charge in [-0.05, 0) is 26.3 Å². The maximum atomic E-state index is 10.3. The van der Waals surface area contributed by atoms with Gasteiger partial charge < -0.3 is 5.11 Å². The summed E-state index contributed by atoms with van der Waals surface area (Å²) in [5.74, 6) is -0.714. The van der Waals surface area contributed by atoms with Crippen LogP contribution in [0.25, 0.3) is 0 Å². The Balaban J connectivity index is 2.33. The molecular formula is C7H13NO2. The van der Waals surface area contributed by atoms with Crippen molar-refractivity contribution in [2.24, 2.45) is 0 Å². The van der Waals surface area contributed by atoms with Crippen LogP contribution in [-0.4, -0.2) is 35.1 Å². The molecule has 0 saturated carbocycles. The van der Waals surface area contributed by atoms with Gasteiger partial charge >= 0.3 is 5.97 Å². The Morgan fingerprint density at radius 3 is 2.90 bits per heavy atom. The predicted octanol–water partition coefficient (Wildman–Crippen LogP) is 0.555. The average Bonchev–Trinajstić information content (AvgIpc) is 2.15. The van der Waals surface area contributed by atoms with E-state index in [1.807, 2.05) is 4.90 Å². The maximum Gasteiger partial charge on any atom is 0.317 e. The monoisotopic (exact) mass is 143 g/mol. The van der Waals surface area contributed by atoms with Crippen LogP contribution < -0.4 is 0 Å². The molecule has 0 bridgehead atoms. The summed E-state index contributed by atoms with van der Waals surface area (Å²) in [5, 5.41) is 8.45. The lowest BCUT2D eigenvalue weighted by atomic mass is 10.2. The molecular weight excluding hydrogens is 130 g/mol. The van der Waals surface area contributed by atoms with Crippen molar-refractivity contribution >= 4 is 5.97 Å². The van der Waals surface area contributed by atoms with Gasteiger partial charge in [0.25, 0.3) is 0 Å². The number of likely N-dealkylation sites (tertiary alicyclic amines) is 1. The number of aliphatic carboxylic acids is 1. The van der Waals surface area contributed by atoms with Gasteiger partial charge in [-0.2, -0.15) is 0 Å². The van der Waals surface area contributed by atoms with E-state index in [9.17, 15) is 4.79 Å². The Kier molecular flexibility index (Phi) is 2.27. The molecule has 0 aliphatic carbocycles. The van der Waals surface area contributed by atoms with Gasteiger partial charge in [0.1, 0.15) is 0 Å². The quantitative estimate of drug-likeness (QED) is 0.614. The predicted molar refractivity (Wildman–Crippen MR) is 37.9 cm³/mol. The Morgan fingerprint density at radius 2 is 2.50 bits per heavy atom. The summed E-state index contributed by atoms with van der Waals surface area (Å²) in [7, 11) is 0. The molecule has 1 fully saturated rings. The molecule has 0 spiro atoms. The summed E-state index contributed by atoms with van der Waals surface area (Å²) < 4.78 is 0. The van der Waals surface area contributed by atoms with Crippen molar-refractivity contribution in [3.05, 3.63) is 0 Å². The summed E-state index contributed by atoms with van der Waals surface area (Å²) in [6.07, 6.45) is 2.29. The fraction of sp³-hybridized carbons (Fsp3) is 0.857. The number of nitrogens with zero attached hydrogens (tertiary/aromatic N) is 1. The van der Waals surface area contributed by atoms with Crippen LogP contribution in [0.3, 0.4) is 0 Å². The average molecular weight is 143 g/mol. The molecule has 0 radical (unpaired) electrons. The van der Waals surface area contributed by atoms with E-state index in [4.69, 9.17) is 5.11 Å². The first-order valence-electron chi connectivity index (χ1n) is 3.66. The summed E-state index contributed by atoms with van der Waals surface area (Å²) in [6, 6.07) is 0.469. The fourth-order valence-electron chi connectivity index (χ4n) is 1.40. The highest BCUT2D eigenvalue weighted by molar-refractivity contribution is 5.69. The highest BCUT2D eigenvalue weighted by Crippen LogP contribution is 2.14. The fourth-order valence-corrected chi connectivity index (χ4v) is 1.40. The van der Waals surface area contributed by atoms with Crippen molar-refractivity contribution in [1.82, 2.24) is 4.90 Å². The van der Waals surface area contributed by atoms with Crippen LogP contribution in [-0.2, 0) is 4.79 Å². The maximum absolute atomic E-state index is 10.3. The van der Waals surface area contributed by atoms with Crippen LogP contribution in [0, 0.1) is 0 Å². The Hall–Kier alpha value is -0.570. The molecule has 1 saturated heterocycles. The SMILES string of the molecule is C[C@H]1CCCN1CC(=O)O. The van der Waals surface area contributed by atoms with Gasteiger partial charge in [-0.3, -0.25) is 9.69 Å². The summed E-state index contributed by atoms with van der Waals surface area (Å²) in [5.41, 5.74) is 0. The van der Waals surface area contributed by atoms with Crippen LogP contribution in [0.5, 0.6) is 0 Å². The van der Waals surface area contributed by atoms with Gasteiger partial charge in [-0.15, -0.1) is 0 Å². The van der Waals surface area contributed by atoms with Crippen molar-refractivity contribution in [3.63, 3.8) is 0 Å². The van der Waals surface area contributed by atoms with Crippen molar-refractivity contribution in [2.45, 2.75) is 25.8 Å². The third kappa shape index (κ3) is 1.70. The second-order valence-corrected chi connectivity index (χ2v) is 2.86. The van der Waals surface area contributed by atoms with E-state index in [1.54, 1.807) is 0 Å². The molecule has 3 heteroatoms. The summed E-state index contributed by atoms with van der Waals surface area (Å²) in [4.78, 5) is 12.3. The van der Waals surface area contributed by atoms with E-state index in [0.717, 1.165) is 19.4 Å². The van der Waals surface area contributed by atoms with Crippen molar-refractivity contribution < 1.29 is 9.90 Å². The molecule has 1 aliphatic rings. The molecule has 0 amide bonds. The number of hydrogen-bond donors (Lipinski definition) is 1. The highest BCUT2D eigenvalue weighted by atomic mass is 16.4. The lowest BCUT2D eigenvalue weighted by molar-refractivity contribution is -0.138. The number of hydrogen-bond acceptors (Lipinski definition) is 2. The lowest BCUT2D eigenvalue weighted by Gasteiger charge is -2.17. The number of rotatable bonds is 2. The van der Waals surface area contributed by atoms with Crippen LogP contribution in [0.4, 0.5) is 0 Å². The summed E-state index contributed by atoms with van der Waals surface area (Å²) in [6.45, 7) is 3.24. The second-order valence-electron chi connectivity index (χ2n) is 2.86. The molecule has 1 aliphatic heterocycles. The largest absolute Gasteiger partial charge is 0.480 e. The third-order valence-electron chi connectivity index (χ3n) is 2.03. The Morgan fingerprint density at radius 1 is 1.80 bits per heavy atom. The van der Waals surface area contributed by atoms with Crippen LogP contribution >= 0.6 is 0 Å². The minimum atomic E-state index is -0.714. The van der Waals surface area contributed by atoms with E-state index in [1.165, 1.54) is 0 Å². The van der Waals surface area contributed by atoms with Crippen LogP contribution in [0.15, 0.2) is 0 Å². The zero-order valence-electron chi connectivity index (χ0n) is 6.21. The third-order valence-corrected chi connectivity index (χ3v) is 2.03. The molecule has 10 heavy (non-hydrogen) atoms. The molecule has 0 unspecified atom stereocenters. The smallest absolute Gasteiger partial charge is 0.317 e. The van der Waals surface area contributed by atoms with E-state index in [0.29, 0.717) is 6.04 Å². The molecule has 1 heterocycles. The van der Waals surface area contributed by atoms with Crippen molar-refractivity contribution in [1.29, 1.82) is 0 Å². The van der Waals surface area contributed by atoms with Crippen molar-refractivity contribution in [2.75, 3.05) is 13.1 Å². The topological polar surface area (TPSA) is 40.5 Å². The molecule has 1 N–H and O–H groups in total. The minimum Gasteiger partial charge on any atom is -0.480 e. The normalized spacial score (nSPS) is 27.1. The van der Waals surface area contributed by atoms with Gasteiger partial charge in [-0.1, -0.05) is 0 Å². The lowest BCUT2D eigenvalue weighted by Crippen LogP contribution is -2.32. The Labute approximate surface area is 60.6 Å². The van der Waals surface area contributed by atoms with E-state index < -0.39 is 5.97 Å². The van der Waals surface area contributed by atoms with Crippen molar-refractivity contribution in [3.8, 4) is 0 Å². The van der Waals surface area contributed by atoms with E-state index >= 15 is 0 Å². The minimum absolute atomic E-state index is 0.209. The summed E-state index contributed by atoms with van der Waals surface area (Å²) >= 11 is 0. The van der Waals surface area contributed by atoms with E-state index in [-0.39, 0.29) is 6.54 Å². The van der Waals surface area contributed by atoms with Gasteiger partial charge in [-0.25, -0.2) is 0 Å². The number of carboxylic acid groups (broad SMARTS) is 1.